The summed E-state index contributed by atoms with van der Waals surface area (Å²) in [6, 6.07) is 71.8. The summed E-state index contributed by atoms with van der Waals surface area (Å²) in [5.41, 5.74) is 11.2. The van der Waals surface area contributed by atoms with Crippen LogP contribution in [0.15, 0.2) is 194 Å². The van der Waals surface area contributed by atoms with E-state index < -0.39 is 0 Å². The number of hydrogen-bond acceptors (Lipinski definition) is 3. The number of nitrogens with zero attached hydrogens (tertiary/aromatic N) is 4. The van der Waals surface area contributed by atoms with Gasteiger partial charge in [0.2, 0.25) is 0 Å². The Morgan fingerprint density at radius 3 is 1.45 bits per heavy atom. The van der Waals surface area contributed by atoms with E-state index in [2.05, 4.69) is 155 Å². The van der Waals surface area contributed by atoms with E-state index in [4.69, 9.17) is 0 Å². The highest BCUT2D eigenvalue weighted by Crippen LogP contribution is 2.50. The van der Waals surface area contributed by atoms with Gasteiger partial charge in [0.25, 0.3) is 0 Å². The zero-order valence-corrected chi connectivity index (χ0v) is 30.3. The highest BCUT2D eigenvalue weighted by molar-refractivity contribution is 6.25. The second kappa shape index (κ2) is 13.5. The van der Waals surface area contributed by atoms with Gasteiger partial charge < -0.3 is 9.47 Å². The van der Waals surface area contributed by atoms with Gasteiger partial charge in [-0.1, -0.05) is 127 Å². The van der Waals surface area contributed by atoms with E-state index in [0.717, 1.165) is 77.6 Å². The number of benzene rings is 9. The Hall–Kier alpha value is -7.92. The fraction of sp³-hybridized carbons (Fsp3) is 0. The van der Waals surface area contributed by atoms with Crippen LogP contribution >= 0.6 is 0 Å². The third-order valence-electron chi connectivity index (χ3n) is 10.9. The van der Waals surface area contributed by atoms with Crippen molar-refractivity contribution in [3.05, 3.63) is 205 Å². The van der Waals surface area contributed by atoms with Crippen LogP contribution in [-0.4, -0.2) is 4.57 Å². The van der Waals surface area contributed by atoms with Crippen LogP contribution in [0.4, 0.5) is 17.1 Å². The van der Waals surface area contributed by atoms with E-state index >= 15 is 0 Å². The van der Waals surface area contributed by atoms with Gasteiger partial charge in [-0.2, -0.15) is 10.5 Å². The SMILES string of the molecule is N#Cc1ccccc1-c1c2ccccc2c(-c2ccccc2C#N)c2c(N(c3ccccc3)c3ccc(-n4c5ccccc5c5ccccc54)cc3)cccc12. The van der Waals surface area contributed by atoms with Crippen LogP contribution in [-0.2, 0) is 0 Å². The van der Waals surface area contributed by atoms with Crippen molar-refractivity contribution < 1.29 is 0 Å². The summed E-state index contributed by atoms with van der Waals surface area (Å²) in [5.74, 6) is 0. The lowest BCUT2D eigenvalue weighted by molar-refractivity contribution is 1.17. The minimum absolute atomic E-state index is 0.598. The van der Waals surface area contributed by atoms with Crippen LogP contribution in [0.3, 0.4) is 0 Å². The van der Waals surface area contributed by atoms with Gasteiger partial charge in [0, 0.05) is 49.9 Å². The first-order chi connectivity index (χ1) is 27.7. The van der Waals surface area contributed by atoms with Gasteiger partial charge in [-0.25, -0.2) is 0 Å². The van der Waals surface area contributed by atoms with Gasteiger partial charge in [0.1, 0.15) is 0 Å². The standard InChI is InChI=1S/C52H32N4/c53-33-35-15-4-6-19-40(35)50-44-23-8-9-24-45(44)51(41-20-7-5-16-36(41)34-54)52-46(50)25-14-28-49(52)55(37-17-2-1-3-18-37)38-29-31-39(32-30-38)56-47-26-12-10-21-42(47)43-22-11-13-27-48(43)56/h1-32H. The third-order valence-corrected chi connectivity index (χ3v) is 10.9. The number of aromatic nitrogens is 1. The topological polar surface area (TPSA) is 55.8 Å². The Bertz CT molecular complexity index is 3160. The first-order valence-electron chi connectivity index (χ1n) is 18.7. The van der Waals surface area contributed by atoms with E-state index in [1.54, 1.807) is 0 Å². The normalized spacial score (nSPS) is 11.2. The average Bonchev–Trinajstić information content (AvgIpc) is 3.61. The zero-order valence-electron chi connectivity index (χ0n) is 30.3. The summed E-state index contributed by atoms with van der Waals surface area (Å²) >= 11 is 0. The molecule has 10 aromatic rings. The van der Waals surface area contributed by atoms with Crippen LogP contribution in [0.2, 0.25) is 0 Å². The van der Waals surface area contributed by atoms with E-state index in [9.17, 15) is 10.5 Å². The lowest BCUT2D eigenvalue weighted by atomic mass is 9.83. The molecule has 0 saturated carbocycles. The maximum absolute atomic E-state index is 10.5. The molecule has 0 unspecified atom stereocenters. The molecular formula is C52H32N4. The van der Waals surface area contributed by atoms with Crippen molar-refractivity contribution >= 4 is 60.4 Å². The van der Waals surface area contributed by atoms with E-state index in [-0.39, 0.29) is 0 Å². The van der Waals surface area contributed by atoms with Crippen molar-refractivity contribution in [2.24, 2.45) is 0 Å². The first kappa shape index (κ1) is 32.7. The molecule has 56 heavy (non-hydrogen) atoms. The van der Waals surface area contributed by atoms with Crippen LogP contribution in [0.25, 0.3) is 71.3 Å². The highest BCUT2D eigenvalue weighted by Gasteiger charge is 2.25. The molecule has 1 heterocycles. The molecule has 0 N–H and O–H groups in total. The maximum Gasteiger partial charge on any atom is 0.0998 e. The molecule has 0 fully saturated rings. The maximum atomic E-state index is 10.5. The van der Waals surface area contributed by atoms with Crippen LogP contribution < -0.4 is 4.90 Å². The summed E-state index contributed by atoms with van der Waals surface area (Å²) in [6.07, 6.45) is 0. The monoisotopic (exact) mass is 712 g/mol. The van der Waals surface area contributed by atoms with Gasteiger partial charge in [-0.3, -0.25) is 0 Å². The average molecular weight is 713 g/mol. The minimum Gasteiger partial charge on any atom is -0.310 e. The summed E-state index contributed by atoms with van der Waals surface area (Å²) in [5, 5.41) is 27.3. The molecule has 0 atom stereocenters. The molecule has 10 rings (SSSR count). The molecule has 0 bridgehead atoms. The van der Waals surface area contributed by atoms with E-state index in [1.165, 1.54) is 10.8 Å². The first-order valence-corrected chi connectivity index (χ1v) is 18.7. The predicted molar refractivity (Wildman–Crippen MR) is 231 cm³/mol. The number of nitriles is 2. The van der Waals surface area contributed by atoms with Crippen molar-refractivity contribution in [2.45, 2.75) is 0 Å². The summed E-state index contributed by atoms with van der Waals surface area (Å²) in [6.45, 7) is 0. The zero-order chi connectivity index (χ0) is 37.6. The molecule has 0 spiro atoms. The highest BCUT2D eigenvalue weighted by atomic mass is 15.1. The summed E-state index contributed by atoms with van der Waals surface area (Å²) in [4.78, 5) is 2.31. The van der Waals surface area contributed by atoms with E-state index in [1.807, 2.05) is 60.7 Å². The van der Waals surface area contributed by atoms with Crippen LogP contribution in [0.1, 0.15) is 11.1 Å². The molecule has 4 heteroatoms. The number of fused-ring (bicyclic) bond motifs is 5. The summed E-state index contributed by atoms with van der Waals surface area (Å²) in [7, 11) is 0. The van der Waals surface area contributed by atoms with Crippen molar-refractivity contribution in [1.29, 1.82) is 10.5 Å². The Morgan fingerprint density at radius 1 is 0.375 bits per heavy atom. The smallest absolute Gasteiger partial charge is 0.0998 e. The van der Waals surface area contributed by atoms with E-state index in [0.29, 0.717) is 11.1 Å². The Morgan fingerprint density at radius 2 is 0.839 bits per heavy atom. The molecule has 0 aliphatic heterocycles. The molecule has 0 saturated heterocycles. The molecular weight excluding hydrogens is 681 g/mol. The van der Waals surface area contributed by atoms with Crippen molar-refractivity contribution in [2.75, 3.05) is 4.90 Å². The second-order valence-electron chi connectivity index (χ2n) is 13.9. The van der Waals surface area contributed by atoms with Crippen molar-refractivity contribution in [3.63, 3.8) is 0 Å². The lowest BCUT2D eigenvalue weighted by Gasteiger charge is -2.29. The Labute approximate surface area is 324 Å². The third kappa shape index (κ3) is 5.13. The van der Waals surface area contributed by atoms with Crippen molar-refractivity contribution in [3.8, 4) is 40.1 Å². The molecule has 0 radical (unpaired) electrons. The summed E-state index contributed by atoms with van der Waals surface area (Å²) < 4.78 is 2.33. The Kier molecular flexibility index (Phi) is 7.88. The molecule has 1 aromatic heterocycles. The fourth-order valence-corrected chi connectivity index (χ4v) is 8.52. The molecule has 9 aromatic carbocycles. The number of hydrogen-bond donors (Lipinski definition) is 0. The Balaban J connectivity index is 1.30. The molecule has 0 aliphatic carbocycles. The minimum atomic E-state index is 0.598. The van der Waals surface area contributed by atoms with Crippen LogP contribution in [0, 0.1) is 22.7 Å². The largest absolute Gasteiger partial charge is 0.310 e. The fourth-order valence-electron chi connectivity index (χ4n) is 8.52. The molecule has 0 amide bonds. The van der Waals surface area contributed by atoms with Gasteiger partial charge in [-0.15, -0.1) is 0 Å². The predicted octanol–water partition coefficient (Wildman–Crippen LogP) is 13.6. The number of rotatable bonds is 6. The van der Waals surface area contributed by atoms with Crippen LogP contribution in [0.5, 0.6) is 0 Å². The molecule has 4 nitrogen and oxygen atoms in total. The lowest BCUT2D eigenvalue weighted by Crippen LogP contribution is -2.11. The number of anilines is 3. The molecule has 0 aliphatic rings. The van der Waals surface area contributed by atoms with Crippen molar-refractivity contribution in [1.82, 2.24) is 4.57 Å². The quantitative estimate of drug-likeness (QED) is 0.161. The second-order valence-corrected chi connectivity index (χ2v) is 13.9. The van der Waals surface area contributed by atoms with Gasteiger partial charge in [0.15, 0.2) is 0 Å². The number of para-hydroxylation sites is 3. The van der Waals surface area contributed by atoms with Gasteiger partial charge in [0.05, 0.1) is 40.0 Å². The van der Waals surface area contributed by atoms with Gasteiger partial charge in [-0.05, 0) is 88.5 Å². The molecule has 260 valence electrons. The van der Waals surface area contributed by atoms with Gasteiger partial charge >= 0.3 is 0 Å².